The summed E-state index contributed by atoms with van der Waals surface area (Å²) >= 11 is 0. The van der Waals surface area contributed by atoms with Crippen LogP contribution in [0, 0.1) is 12.8 Å². The van der Waals surface area contributed by atoms with E-state index in [1.165, 1.54) is 5.56 Å². The first-order valence-electron chi connectivity index (χ1n) is 6.68. The van der Waals surface area contributed by atoms with Crippen LogP contribution >= 0.6 is 0 Å². The van der Waals surface area contributed by atoms with Crippen LogP contribution in [0.2, 0.25) is 0 Å². The van der Waals surface area contributed by atoms with E-state index in [9.17, 15) is 0 Å². The van der Waals surface area contributed by atoms with Crippen LogP contribution in [0.25, 0.3) is 0 Å². The van der Waals surface area contributed by atoms with Gasteiger partial charge in [-0.1, -0.05) is 0 Å². The van der Waals surface area contributed by atoms with E-state index in [0.717, 1.165) is 30.2 Å². The average molecular weight is 264 g/mol. The molecule has 106 valence electrons. The molecule has 2 rings (SSSR count). The van der Waals surface area contributed by atoms with Gasteiger partial charge in [-0.05, 0) is 38.7 Å². The SMILES string of the molecule is COc1cc(C(C2CNC2)N(C)C)c(OC)cc1C. The molecule has 1 fully saturated rings. The third kappa shape index (κ3) is 2.69. The summed E-state index contributed by atoms with van der Waals surface area (Å²) in [5, 5.41) is 3.35. The van der Waals surface area contributed by atoms with Crippen LogP contribution in [-0.2, 0) is 0 Å². The van der Waals surface area contributed by atoms with Crippen molar-refractivity contribution in [2.75, 3.05) is 41.4 Å². The topological polar surface area (TPSA) is 33.7 Å². The lowest BCUT2D eigenvalue weighted by atomic mass is 9.86. The van der Waals surface area contributed by atoms with E-state index in [1.807, 2.05) is 6.92 Å². The molecule has 1 aliphatic heterocycles. The molecule has 0 aromatic heterocycles. The van der Waals surface area contributed by atoms with Crippen molar-refractivity contribution in [3.8, 4) is 11.5 Å². The van der Waals surface area contributed by atoms with Crippen molar-refractivity contribution in [3.05, 3.63) is 23.3 Å². The molecular formula is C15H24N2O2. The second-order valence-electron chi connectivity index (χ2n) is 5.39. The molecule has 1 aromatic rings. The quantitative estimate of drug-likeness (QED) is 0.880. The average Bonchev–Trinajstić information content (AvgIpc) is 2.33. The van der Waals surface area contributed by atoms with Crippen molar-refractivity contribution in [3.63, 3.8) is 0 Å². The van der Waals surface area contributed by atoms with Crippen molar-refractivity contribution in [2.24, 2.45) is 5.92 Å². The van der Waals surface area contributed by atoms with Gasteiger partial charge in [-0.25, -0.2) is 0 Å². The number of aryl methyl sites for hydroxylation is 1. The Bertz CT molecular complexity index is 442. The number of methoxy groups -OCH3 is 2. The maximum Gasteiger partial charge on any atom is 0.124 e. The number of ether oxygens (including phenoxy) is 2. The Balaban J connectivity index is 2.44. The first-order valence-corrected chi connectivity index (χ1v) is 6.68. The molecule has 1 aliphatic rings. The Kier molecular flexibility index (Phi) is 4.32. The molecule has 4 nitrogen and oxygen atoms in total. The first kappa shape index (κ1) is 14.2. The van der Waals surface area contributed by atoms with Crippen LogP contribution in [0.1, 0.15) is 17.2 Å². The molecule has 1 atom stereocenters. The van der Waals surface area contributed by atoms with Crippen LogP contribution < -0.4 is 14.8 Å². The molecule has 0 saturated carbocycles. The number of benzene rings is 1. The second kappa shape index (κ2) is 5.80. The predicted octanol–water partition coefficient (Wildman–Crippen LogP) is 1.83. The van der Waals surface area contributed by atoms with E-state index in [4.69, 9.17) is 9.47 Å². The highest BCUT2D eigenvalue weighted by Crippen LogP contribution is 2.38. The van der Waals surface area contributed by atoms with Gasteiger partial charge in [0.2, 0.25) is 0 Å². The van der Waals surface area contributed by atoms with E-state index in [2.05, 4.69) is 36.4 Å². The summed E-state index contributed by atoms with van der Waals surface area (Å²) in [6.07, 6.45) is 0. The summed E-state index contributed by atoms with van der Waals surface area (Å²) < 4.78 is 11.0. The zero-order chi connectivity index (χ0) is 14.0. The summed E-state index contributed by atoms with van der Waals surface area (Å²) in [4.78, 5) is 2.26. The van der Waals surface area contributed by atoms with Crippen LogP contribution in [0.15, 0.2) is 12.1 Å². The Hall–Kier alpha value is -1.26. The Morgan fingerprint density at radius 2 is 1.79 bits per heavy atom. The molecule has 1 unspecified atom stereocenters. The number of nitrogens with zero attached hydrogens (tertiary/aromatic N) is 1. The fraction of sp³-hybridized carbons (Fsp3) is 0.600. The molecule has 1 aromatic carbocycles. The van der Waals surface area contributed by atoms with Crippen LogP contribution in [-0.4, -0.2) is 46.3 Å². The normalized spacial score (nSPS) is 17.2. The van der Waals surface area contributed by atoms with E-state index >= 15 is 0 Å². The summed E-state index contributed by atoms with van der Waals surface area (Å²) in [6.45, 7) is 4.16. The fourth-order valence-corrected chi connectivity index (χ4v) is 2.79. The second-order valence-corrected chi connectivity index (χ2v) is 5.39. The van der Waals surface area contributed by atoms with Gasteiger partial charge >= 0.3 is 0 Å². The maximum absolute atomic E-state index is 5.57. The lowest BCUT2D eigenvalue weighted by Gasteiger charge is -2.39. The molecule has 4 heteroatoms. The van der Waals surface area contributed by atoms with Crippen molar-refractivity contribution < 1.29 is 9.47 Å². The van der Waals surface area contributed by atoms with Crippen molar-refractivity contribution in [1.82, 2.24) is 10.2 Å². The van der Waals surface area contributed by atoms with Crippen LogP contribution in [0.5, 0.6) is 11.5 Å². The van der Waals surface area contributed by atoms with Gasteiger partial charge in [0.15, 0.2) is 0 Å². The number of nitrogens with one attached hydrogen (secondary N) is 1. The van der Waals surface area contributed by atoms with Gasteiger partial charge in [0.25, 0.3) is 0 Å². The van der Waals surface area contributed by atoms with Crippen molar-refractivity contribution >= 4 is 0 Å². The predicted molar refractivity (Wildman–Crippen MR) is 77.1 cm³/mol. The third-order valence-corrected chi connectivity index (χ3v) is 3.88. The standard InChI is InChI=1S/C15H24N2O2/c1-10-6-14(19-5)12(7-13(10)18-4)15(17(2)3)11-8-16-9-11/h6-7,11,15-16H,8-9H2,1-5H3. The summed E-state index contributed by atoms with van der Waals surface area (Å²) in [7, 11) is 7.69. The van der Waals surface area contributed by atoms with Gasteiger partial charge in [0.1, 0.15) is 11.5 Å². The summed E-state index contributed by atoms with van der Waals surface area (Å²) in [5.41, 5.74) is 2.31. The Labute approximate surface area is 115 Å². The lowest BCUT2D eigenvalue weighted by Crippen LogP contribution is -2.48. The summed E-state index contributed by atoms with van der Waals surface area (Å²) in [5.74, 6) is 2.50. The molecular weight excluding hydrogens is 240 g/mol. The van der Waals surface area contributed by atoms with Crippen molar-refractivity contribution in [2.45, 2.75) is 13.0 Å². The largest absolute Gasteiger partial charge is 0.496 e. The minimum atomic E-state index is 0.352. The number of rotatable bonds is 5. The van der Waals surface area contributed by atoms with Gasteiger partial charge in [-0.2, -0.15) is 0 Å². The monoisotopic (exact) mass is 264 g/mol. The molecule has 1 saturated heterocycles. The highest BCUT2D eigenvalue weighted by atomic mass is 16.5. The molecule has 19 heavy (non-hydrogen) atoms. The van der Waals surface area contributed by atoms with Gasteiger partial charge in [-0.15, -0.1) is 0 Å². The minimum Gasteiger partial charge on any atom is -0.496 e. The Morgan fingerprint density at radius 3 is 2.21 bits per heavy atom. The smallest absolute Gasteiger partial charge is 0.124 e. The van der Waals surface area contributed by atoms with Crippen LogP contribution in [0.4, 0.5) is 0 Å². The van der Waals surface area contributed by atoms with Gasteiger partial charge in [0.05, 0.1) is 14.2 Å². The first-order chi connectivity index (χ1) is 9.08. The third-order valence-electron chi connectivity index (χ3n) is 3.88. The highest BCUT2D eigenvalue weighted by molar-refractivity contribution is 5.47. The number of hydrogen-bond donors (Lipinski definition) is 1. The van der Waals surface area contributed by atoms with Gasteiger partial charge in [-0.3, -0.25) is 0 Å². The minimum absolute atomic E-state index is 0.352. The zero-order valence-electron chi connectivity index (χ0n) is 12.5. The zero-order valence-corrected chi connectivity index (χ0v) is 12.5. The molecule has 1 N–H and O–H groups in total. The lowest BCUT2D eigenvalue weighted by molar-refractivity contribution is 0.157. The molecule has 0 spiro atoms. The van der Waals surface area contributed by atoms with Gasteiger partial charge in [0, 0.05) is 30.6 Å². The molecule has 1 heterocycles. The van der Waals surface area contributed by atoms with Crippen LogP contribution in [0.3, 0.4) is 0 Å². The number of hydrogen-bond acceptors (Lipinski definition) is 4. The van der Waals surface area contributed by atoms with E-state index in [1.54, 1.807) is 14.2 Å². The maximum atomic E-state index is 5.57. The van der Waals surface area contributed by atoms with Gasteiger partial charge < -0.3 is 19.7 Å². The Morgan fingerprint density at radius 1 is 1.16 bits per heavy atom. The fourth-order valence-electron chi connectivity index (χ4n) is 2.79. The molecule has 0 bridgehead atoms. The highest BCUT2D eigenvalue weighted by Gasteiger charge is 2.32. The van der Waals surface area contributed by atoms with E-state index < -0.39 is 0 Å². The summed E-state index contributed by atoms with van der Waals surface area (Å²) in [6, 6.07) is 4.54. The molecule has 0 radical (unpaired) electrons. The van der Waals surface area contributed by atoms with Crippen molar-refractivity contribution in [1.29, 1.82) is 0 Å². The van der Waals surface area contributed by atoms with E-state index in [-0.39, 0.29) is 0 Å². The molecule has 0 amide bonds. The molecule has 0 aliphatic carbocycles. The van der Waals surface area contributed by atoms with E-state index in [0.29, 0.717) is 12.0 Å².